The molecule has 3 aromatic rings. The van der Waals surface area contributed by atoms with Crippen LogP contribution in [0.25, 0.3) is 10.1 Å². The van der Waals surface area contributed by atoms with Crippen LogP contribution in [-0.4, -0.2) is 34.6 Å². The highest BCUT2D eigenvalue weighted by Crippen LogP contribution is 2.37. The fourth-order valence-electron chi connectivity index (χ4n) is 3.74. The molecule has 1 amide bonds. The van der Waals surface area contributed by atoms with Crippen LogP contribution in [0.1, 0.15) is 59.2 Å². The molecule has 1 atom stereocenters. The molecule has 0 aliphatic carbocycles. The number of likely N-dealkylation sites (tertiary alicyclic amines) is 1. The van der Waals surface area contributed by atoms with Crippen LogP contribution in [0.3, 0.4) is 0 Å². The maximum absolute atomic E-state index is 14.5. The van der Waals surface area contributed by atoms with E-state index in [1.807, 2.05) is 13.0 Å². The third-order valence-electron chi connectivity index (χ3n) is 5.09. The molecule has 1 saturated heterocycles. The van der Waals surface area contributed by atoms with Crippen LogP contribution in [0, 0.1) is 5.82 Å². The molecule has 6 nitrogen and oxygen atoms in total. The first kappa shape index (κ1) is 19.0. The minimum Gasteiger partial charge on any atom is -0.380 e. The highest BCUT2D eigenvalue weighted by Gasteiger charge is 2.34. The van der Waals surface area contributed by atoms with Crippen molar-refractivity contribution in [2.24, 2.45) is 0 Å². The molecule has 1 aliphatic rings. The molecule has 0 saturated carbocycles. The number of thiophene rings is 1. The van der Waals surface area contributed by atoms with E-state index >= 15 is 0 Å². The van der Waals surface area contributed by atoms with Gasteiger partial charge in [-0.15, -0.1) is 11.3 Å². The fraction of sp³-hybridized carbons (Fsp3) is 0.450. The van der Waals surface area contributed by atoms with Gasteiger partial charge in [0.1, 0.15) is 5.82 Å². The van der Waals surface area contributed by atoms with Crippen LogP contribution >= 0.6 is 11.3 Å². The Morgan fingerprint density at radius 1 is 1.43 bits per heavy atom. The molecule has 3 heterocycles. The number of amides is 1. The Labute approximate surface area is 166 Å². The van der Waals surface area contributed by atoms with Gasteiger partial charge in [0.2, 0.25) is 5.89 Å². The molecular weight excluding hydrogens is 381 g/mol. The standard InChI is InChI=1S/C20H22FN3O3S/c1-3-16-22-19(23-27-16)14-8-4-5-10-24(14)20(25)18-12(11-26-2)17-13(21)7-6-9-15(17)28-18/h6-7,9,14H,3-5,8,10-11H2,1-2H3. The summed E-state index contributed by atoms with van der Waals surface area (Å²) in [5, 5.41) is 4.56. The summed E-state index contributed by atoms with van der Waals surface area (Å²) >= 11 is 1.31. The summed E-state index contributed by atoms with van der Waals surface area (Å²) in [5.41, 5.74) is 0.609. The zero-order chi connectivity index (χ0) is 19.7. The minimum absolute atomic E-state index is 0.125. The van der Waals surface area contributed by atoms with Crippen LogP contribution in [0.4, 0.5) is 4.39 Å². The molecule has 1 unspecified atom stereocenters. The second-order valence-corrected chi connectivity index (χ2v) is 7.92. The van der Waals surface area contributed by atoms with Gasteiger partial charge in [-0.25, -0.2) is 4.39 Å². The smallest absolute Gasteiger partial charge is 0.264 e. The topological polar surface area (TPSA) is 68.5 Å². The Morgan fingerprint density at radius 3 is 3.04 bits per heavy atom. The van der Waals surface area contributed by atoms with Gasteiger partial charge in [-0.3, -0.25) is 4.79 Å². The van der Waals surface area contributed by atoms with E-state index in [9.17, 15) is 9.18 Å². The maximum Gasteiger partial charge on any atom is 0.264 e. The van der Waals surface area contributed by atoms with E-state index in [1.165, 1.54) is 17.4 Å². The zero-order valence-electron chi connectivity index (χ0n) is 15.9. The number of benzene rings is 1. The summed E-state index contributed by atoms with van der Waals surface area (Å²) < 4.78 is 25.8. The van der Waals surface area contributed by atoms with Crippen molar-refractivity contribution in [3.63, 3.8) is 0 Å². The number of piperidine rings is 1. The lowest BCUT2D eigenvalue weighted by molar-refractivity contribution is 0.0598. The predicted octanol–water partition coefficient (Wildman–Crippen LogP) is 4.50. The average molecular weight is 403 g/mol. The van der Waals surface area contributed by atoms with Crippen molar-refractivity contribution in [2.75, 3.05) is 13.7 Å². The molecule has 0 bridgehead atoms. The van der Waals surface area contributed by atoms with Gasteiger partial charge in [0, 0.05) is 35.7 Å². The number of hydrogen-bond acceptors (Lipinski definition) is 6. The van der Waals surface area contributed by atoms with Gasteiger partial charge in [0.25, 0.3) is 5.91 Å². The van der Waals surface area contributed by atoms with Crippen LogP contribution in [0.5, 0.6) is 0 Å². The number of rotatable bonds is 5. The normalized spacial score (nSPS) is 17.4. The monoisotopic (exact) mass is 403 g/mol. The number of nitrogens with zero attached hydrogens (tertiary/aromatic N) is 3. The molecule has 1 fully saturated rings. The molecule has 4 rings (SSSR count). The van der Waals surface area contributed by atoms with Gasteiger partial charge in [0.15, 0.2) is 5.82 Å². The molecule has 8 heteroatoms. The zero-order valence-corrected chi connectivity index (χ0v) is 16.7. The molecule has 0 N–H and O–H groups in total. The Morgan fingerprint density at radius 2 is 2.29 bits per heavy atom. The van der Waals surface area contributed by atoms with Gasteiger partial charge in [-0.05, 0) is 31.4 Å². The molecule has 148 valence electrons. The van der Waals surface area contributed by atoms with E-state index in [0.29, 0.717) is 40.5 Å². The molecule has 1 aliphatic heterocycles. The largest absolute Gasteiger partial charge is 0.380 e. The number of aryl methyl sites for hydroxylation is 1. The lowest BCUT2D eigenvalue weighted by Crippen LogP contribution is -2.39. The third-order valence-corrected chi connectivity index (χ3v) is 6.28. The Kier molecular flexibility index (Phi) is 5.41. The van der Waals surface area contributed by atoms with Crippen molar-refractivity contribution in [3.8, 4) is 0 Å². The molecule has 0 spiro atoms. The van der Waals surface area contributed by atoms with Gasteiger partial charge in [-0.1, -0.05) is 18.1 Å². The molecule has 1 aromatic carbocycles. The Balaban J connectivity index is 1.74. The van der Waals surface area contributed by atoms with E-state index in [0.717, 1.165) is 24.0 Å². The van der Waals surface area contributed by atoms with Gasteiger partial charge >= 0.3 is 0 Å². The van der Waals surface area contributed by atoms with Crippen molar-refractivity contribution in [2.45, 2.75) is 45.3 Å². The van der Waals surface area contributed by atoms with Crippen LogP contribution < -0.4 is 0 Å². The number of ether oxygens (including phenoxy) is 1. The maximum atomic E-state index is 14.5. The Bertz CT molecular complexity index is 1000. The SMILES string of the molecule is CCc1nc(C2CCCCN2C(=O)c2sc3cccc(F)c3c2COC)no1. The number of aromatic nitrogens is 2. The van der Waals surface area contributed by atoms with Crippen LogP contribution in [-0.2, 0) is 17.8 Å². The number of carbonyl (C=O) groups is 1. The highest BCUT2D eigenvalue weighted by atomic mass is 32.1. The lowest BCUT2D eigenvalue weighted by atomic mass is 10.0. The fourth-order valence-corrected chi connectivity index (χ4v) is 4.92. The summed E-state index contributed by atoms with van der Waals surface area (Å²) in [6, 6.07) is 4.68. The minimum atomic E-state index is -0.333. The van der Waals surface area contributed by atoms with Gasteiger partial charge in [-0.2, -0.15) is 4.98 Å². The number of methoxy groups -OCH3 is 1. The number of fused-ring (bicyclic) bond motifs is 1. The van der Waals surface area contributed by atoms with Crippen molar-refractivity contribution < 1.29 is 18.4 Å². The molecular formula is C20H22FN3O3S. The number of hydrogen-bond donors (Lipinski definition) is 0. The van der Waals surface area contributed by atoms with Crippen molar-refractivity contribution in [1.82, 2.24) is 15.0 Å². The van der Waals surface area contributed by atoms with Crippen molar-refractivity contribution in [3.05, 3.63) is 46.2 Å². The summed E-state index contributed by atoms with van der Waals surface area (Å²) in [7, 11) is 1.55. The predicted molar refractivity (Wildman–Crippen MR) is 104 cm³/mol. The molecule has 2 aromatic heterocycles. The summed E-state index contributed by atoms with van der Waals surface area (Å²) in [6.45, 7) is 2.75. The first-order valence-corrected chi connectivity index (χ1v) is 10.3. The van der Waals surface area contributed by atoms with E-state index in [4.69, 9.17) is 9.26 Å². The summed E-state index contributed by atoms with van der Waals surface area (Å²) in [6.07, 6.45) is 3.35. The van der Waals surface area contributed by atoms with Crippen molar-refractivity contribution >= 4 is 27.3 Å². The van der Waals surface area contributed by atoms with Gasteiger partial charge < -0.3 is 14.2 Å². The van der Waals surface area contributed by atoms with E-state index in [2.05, 4.69) is 10.1 Å². The number of carbonyl (C=O) groups excluding carboxylic acids is 1. The number of halogens is 1. The highest BCUT2D eigenvalue weighted by molar-refractivity contribution is 7.21. The first-order chi connectivity index (χ1) is 13.6. The van der Waals surface area contributed by atoms with Crippen LogP contribution in [0.15, 0.2) is 22.7 Å². The second-order valence-electron chi connectivity index (χ2n) is 6.87. The first-order valence-electron chi connectivity index (χ1n) is 9.46. The molecule has 28 heavy (non-hydrogen) atoms. The van der Waals surface area contributed by atoms with Crippen LogP contribution in [0.2, 0.25) is 0 Å². The summed E-state index contributed by atoms with van der Waals surface area (Å²) in [4.78, 5) is 20.3. The van der Waals surface area contributed by atoms with Gasteiger partial charge in [0.05, 0.1) is 17.5 Å². The second kappa shape index (κ2) is 7.97. The molecule has 0 radical (unpaired) electrons. The Hall–Kier alpha value is -2.32. The average Bonchev–Trinajstić information content (AvgIpc) is 3.33. The summed E-state index contributed by atoms with van der Waals surface area (Å²) in [5.74, 6) is 0.656. The third kappa shape index (κ3) is 3.31. The van der Waals surface area contributed by atoms with E-state index in [1.54, 1.807) is 18.1 Å². The van der Waals surface area contributed by atoms with E-state index in [-0.39, 0.29) is 24.4 Å². The van der Waals surface area contributed by atoms with Crippen molar-refractivity contribution in [1.29, 1.82) is 0 Å². The quantitative estimate of drug-likeness (QED) is 0.627. The lowest BCUT2D eigenvalue weighted by Gasteiger charge is -2.33. The van der Waals surface area contributed by atoms with E-state index < -0.39 is 0 Å².